The second-order valence-corrected chi connectivity index (χ2v) is 4.84. The van der Waals surface area contributed by atoms with Crippen molar-refractivity contribution in [3.8, 4) is 22.6 Å². The molecule has 0 saturated carbocycles. The summed E-state index contributed by atoms with van der Waals surface area (Å²) in [5, 5.41) is 10.0. The highest BCUT2D eigenvalue weighted by Gasteiger charge is 2.12. The molecule has 0 fully saturated rings. The first-order valence-corrected chi connectivity index (χ1v) is 6.71. The summed E-state index contributed by atoms with van der Waals surface area (Å²) in [5.74, 6) is 0.336. The van der Waals surface area contributed by atoms with Gasteiger partial charge < -0.3 is 19.6 Å². The zero-order valence-electron chi connectivity index (χ0n) is 12.2. The third kappa shape index (κ3) is 2.26. The smallest absolute Gasteiger partial charge is 0.335 e. The van der Waals surface area contributed by atoms with Crippen molar-refractivity contribution < 1.29 is 19.4 Å². The molecule has 1 heterocycles. The van der Waals surface area contributed by atoms with E-state index in [1.54, 1.807) is 32.4 Å². The number of benzene rings is 2. The summed E-state index contributed by atoms with van der Waals surface area (Å²) >= 11 is 0. The molecule has 0 atom stereocenters. The van der Waals surface area contributed by atoms with Crippen LogP contribution in [-0.4, -0.2) is 30.3 Å². The van der Waals surface area contributed by atoms with Gasteiger partial charge in [0.2, 0.25) is 0 Å². The fourth-order valence-electron chi connectivity index (χ4n) is 2.50. The van der Waals surface area contributed by atoms with Gasteiger partial charge in [-0.15, -0.1) is 0 Å². The fourth-order valence-corrected chi connectivity index (χ4v) is 2.50. The standard InChI is InChI=1S/C17H15NO4/c1-21-15-6-4-10(8-16(15)22-2)13-9-18-14-5-3-11(17(19)20)7-12(13)14/h3-9,18H,1-2H3,(H,19,20). The van der Waals surface area contributed by atoms with E-state index in [2.05, 4.69) is 4.98 Å². The quantitative estimate of drug-likeness (QED) is 0.772. The van der Waals surface area contributed by atoms with Crippen molar-refractivity contribution in [2.24, 2.45) is 0 Å². The highest BCUT2D eigenvalue weighted by atomic mass is 16.5. The van der Waals surface area contributed by atoms with Gasteiger partial charge in [0.15, 0.2) is 11.5 Å². The van der Waals surface area contributed by atoms with Crippen molar-refractivity contribution in [1.29, 1.82) is 0 Å². The largest absolute Gasteiger partial charge is 0.493 e. The van der Waals surface area contributed by atoms with Gasteiger partial charge in [-0.25, -0.2) is 4.79 Å². The Morgan fingerprint density at radius 3 is 2.50 bits per heavy atom. The van der Waals surface area contributed by atoms with E-state index in [9.17, 15) is 4.79 Å². The van der Waals surface area contributed by atoms with Crippen molar-refractivity contribution in [3.05, 3.63) is 48.2 Å². The first-order valence-electron chi connectivity index (χ1n) is 6.71. The molecule has 0 spiro atoms. The van der Waals surface area contributed by atoms with E-state index in [1.165, 1.54) is 0 Å². The van der Waals surface area contributed by atoms with E-state index in [0.29, 0.717) is 11.5 Å². The molecule has 1 aromatic heterocycles. The molecule has 0 saturated heterocycles. The summed E-state index contributed by atoms with van der Waals surface area (Å²) in [7, 11) is 3.17. The van der Waals surface area contributed by atoms with E-state index in [1.807, 2.05) is 24.4 Å². The molecule has 5 nitrogen and oxygen atoms in total. The summed E-state index contributed by atoms with van der Waals surface area (Å²) < 4.78 is 10.6. The molecule has 0 unspecified atom stereocenters. The van der Waals surface area contributed by atoms with Crippen LogP contribution in [0.25, 0.3) is 22.0 Å². The molecule has 0 aliphatic rings. The van der Waals surface area contributed by atoms with Gasteiger partial charge in [-0.05, 0) is 35.9 Å². The summed E-state index contributed by atoms with van der Waals surface area (Å²) in [6.45, 7) is 0. The van der Waals surface area contributed by atoms with Crippen LogP contribution in [0.3, 0.4) is 0 Å². The number of hydrogen-bond acceptors (Lipinski definition) is 3. The Bertz CT molecular complexity index is 851. The van der Waals surface area contributed by atoms with Crippen molar-refractivity contribution in [2.75, 3.05) is 14.2 Å². The van der Waals surface area contributed by atoms with Gasteiger partial charge in [0.05, 0.1) is 19.8 Å². The number of nitrogens with one attached hydrogen (secondary N) is 1. The Morgan fingerprint density at radius 1 is 1.05 bits per heavy atom. The number of ether oxygens (including phenoxy) is 2. The Labute approximate surface area is 127 Å². The number of fused-ring (bicyclic) bond motifs is 1. The van der Waals surface area contributed by atoms with Gasteiger partial charge in [-0.3, -0.25) is 0 Å². The normalized spacial score (nSPS) is 10.6. The Balaban J connectivity index is 2.17. The van der Waals surface area contributed by atoms with Gasteiger partial charge >= 0.3 is 5.97 Å². The first-order chi connectivity index (χ1) is 10.6. The van der Waals surface area contributed by atoms with Crippen LogP contribution >= 0.6 is 0 Å². The van der Waals surface area contributed by atoms with E-state index in [4.69, 9.17) is 14.6 Å². The molecule has 22 heavy (non-hydrogen) atoms. The highest BCUT2D eigenvalue weighted by molar-refractivity contribution is 6.00. The molecule has 5 heteroatoms. The SMILES string of the molecule is COc1ccc(-c2c[nH]c3ccc(C(=O)O)cc23)cc1OC. The van der Waals surface area contributed by atoms with Crippen LogP contribution in [0.4, 0.5) is 0 Å². The summed E-state index contributed by atoms with van der Waals surface area (Å²) in [4.78, 5) is 14.3. The molecule has 0 amide bonds. The van der Waals surface area contributed by atoms with Crippen LogP contribution in [0, 0.1) is 0 Å². The number of aromatic carboxylic acids is 1. The van der Waals surface area contributed by atoms with E-state index >= 15 is 0 Å². The van der Waals surface area contributed by atoms with Crippen LogP contribution in [0.2, 0.25) is 0 Å². The van der Waals surface area contributed by atoms with Crippen LogP contribution in [0.1, 0.15) is 10.4 Å². The van der Waals surface area contributed by atoms with Crippen molar-refractivity contribution in [3.63, 3.8) is 0 Å². The lowest BCUT2D eigenvalue weighted by Crippen LogP contribution is -1.95. The molecular formula is C17H15NO4. The topological polar surface area (TPSA) is 71.6 Å². The monoisotopic (exact) mass is 297 g/mol. The molecule has 112 valence electrons. The van der Waals surface area contributed by atoms with Crippen LogP contribution in [0.15, 0.2) is 42.6 Å². The molecule has 0 aliphatic carbocycles. The molecule has 3 aromatic rings. The van der Waals surface area contributed by atoms with Gasteiger partial charge in [0.25, 0.3) is 0 Å². The predicted octanol–water partition coefficient (Wildman–Crippen LogP) is 3.55. The second-order valence-electron chi connectivity index (χ2n) is 4.84. The highest BCUT2D eigenvalue weighted by Crippen LogP contribution is 2.35. The maximum Gasteiger partial charge on any atom is 0.335 e. The van der Waals surface area contributed by atoms with Crippen molar-refractivity contribution >= 4 is 16.9 Å². The molecule has 0 bridgehead atoms. The van der Waals surface area contributed by atoms with Crippen LogP contribution < -0.4 is 9.47 Å². The number of carboxylic acid groups (broad SMARTS) is 1. The summed E-state index contributed by atoms with van der Waals surface area (Å²) in [6.07, 6.45) is 1.86. The van der Waals surface area contributed by atoms with Crippen LogP contribution in [0.5, 0.6) is 11.5 Å². The van der Waals surface area contributed by atoms with Crippen molar-refractivity contribution in [2.45, 2.75) is 0 Å². The number of hydrogen-bond donors (Lipinski definition) is 2. The zero-order chi connectivity index (χ0) is 15.7. The average Bonchev–Trinajstić information content (AvgIpc) is 2.97. The summed E-state index contributed by atoms with van der Waals surface area (Å²) in [6, 6.07) is 10.6. The minimum Gasteiger partial charge on any atom is -0.493 e. The Kier molecular flexibility index (Phi) is 3.47. The van der Waals surface area contributed by atoms with E-state index in [0.717, 1.165) is 22.0 Å². The molecule has 2 N–H and O–H groups in total. The predicted molar refractivity (Wildman–Crippen MR) is 83.8 cm³/mol. The molecular weight excluding hydrogens is 282 g/mol. The fraction of sp³-hybridized carbons (Fsp3) is 0.118. The second kappa shape index (κ2) is 5.44. The number of carbonyl (C=O) groups is 1. The minimum atomic E-state index is -0.943. The van der Waals surface area contributed by atoms with Gasteiger partial charge in [-0.1, -0.05) is 6.07 Å². The maximum absolute atomic E-state index is 11.2. The van der Waals surface area contributed by atoms with Crippen molar-refractivity contribution in [1.82, 2.24) is 4.98 Å². The number of aromatic nitrogens is 1. The minimum absolute atomic E-state index is 0.258. The lowest BCUT2D eigenvalue weighted by Gasteiger charge is -2.09. The number of carboxylic acids is 1. The molecule has 0 aliphatic heterocycles. The zero-order valence-corrected chi connectivity index (χ0v) is 12.2. The number of methoxy groups -OCH3 is 2. The molecule has 0 radical (unpaired) electrons. The maximum atomic E-state index is 11.2. The number of rotatable bonds is 4. The van der Waals surface area contributed by atoms with E-state index < -0.39 is 5.97 Å². The van der Waals surface area contributed by atoms with Crippen LogP contribution in [-0.2, 0) is 0 Å². The average molecular weight is 297 g/mol. The number of H-pyrrole nitrogens is 1. The van der Waals surface area contributed by atoms with Gasteiger partial charge in [0, 0.05) is 22.7 Å². The molecule has 2 aromatic carbocycles. The lowest BCUT2D eigenvalue weighted by atomic mass is 10.0. The number of aromatic amines is 1. The van der Waals surface area contributed by atoms with Gasteiger partial charge in [0.1, 0.15) is 0 Å². The van der Waals surface area contributed by atoms with Gasteiger partial charge in [-0.2, -0.15) is 0 Å². The lowest BCUT2D eigenvalue weighted by molar-refractivity contribution is 0.0697. The Hall–Kier alpha value is -2.95. The molecule has 3 rings (SSSR count). The summed E-state index contributed by atoms with van der Waals surface area (Å²) in [5.41, 5.74) is 2.98. The third-order valence-electron chi connectivity index (χ3n) is 3.62. The third-order valence-corrected chi connectivity index (χ3v) is 3.62. The van der Waals surface area contributed by atoms with E-state index in [-0.39, 0.29) is 5.56 Å². The first kappa shape index (κ1) is 14.0. The Morgan fingerprint density at radius 2 is 1.82 bits per heavy atom.